The van der Waals surface area contributed by atoms with Gasteiger partial charge in [-0.3, -0.25) is 14.6 Å². The first-order chi connectivity index (χ1) is 15.3. The van der Waals surface area contributed by atoms with Crippen molar-refractivity contribution in [3.05, 3.63) is 51.0 Å². The van der Waals surface area contributed by atoms with E-state index in [0.29, 0.717) is 19.4 Å². The molecule has 1 N–H and O–H groups in total. The quantitative estimate of drug-likeness (QED) is 0.636. The number of thiazole rings is 1. The van der Waals surface area contributed by atoms with E-state index in [2.05, 4.69) is 47.2 Å². The minimum absolute atomic E-state index is 0.0417. The normalized spacial score (nSPS) is 22.6. The van der Waals surface area contributed by atoms with Crippen LogP contribution < -0.4 is 5.32 Å². The van der Waals surface area contributed by atoms with E-state index < -0.39 is 5.54 Å². The standard InChI is InChI=1S/C25H34N4O2S/c1-5-25(23(30)29(24(31)27-25)13-10-22-19(4)26-16-32-22)21-8-11-28(12-9-21)15-20-7-6-17(2)14-18(20)3/h6-7,14,16,21H,5,8-13,15H2,1-4H3,(H,27,31)/t25-/m0/s1. The molecule has 1 aromatic carbocycles. The molecule has 7 heteroatoms. The van der Waals surface area contributed by atoms with Crippen molar-refractivity contribution in [3.8, 4) is 0 Å². The number of hydrogen-bond acceptors (Lipinski definition) is 5. The number of hydrogen-bond donors (Lipinski definition) is 1. The van der Waals surface area contributed by atoms with E-state index in [0.717, 1.165) is 43.0 Å². The van der Waals surface area contributed by atoms with Gasteiger partial charge in [0.1, 0.15) is 5.54 Å². The van der Waals surface area contributed by atoms with Crippen LogP contribution in [0.15, 0.2) is 23.7 Å². The first kappa shape index (κ1) is 22.9. The second kappa shape index (κ2) is 9.32. The van der Waals surface area contributed by atoms with Crippen LogP contribution in [0.1, 0.15) is 53.4 Å². The molecule has 1 aromatic heterocycles. The highest BCUT2D eigenvalue weighted by Crippen LogP contribution is 2.36. The van der Waals surface area contributed by atoms with E-state index in [-0.39, 0.29) is 17.9 Å². The third kappa shape index (κ3) is 4.33. The maximum absolute atomic E-state index is 13.5. The van der Waals surface area contributed by atoms with Crippen LogP contribution in [-0.4, -0.2) is 51.9 Å². The number of carbonyl (C=O) groups excluding carboxylic acids is 2. The molecule has 0 unspecified atom stereocenters. The van der Waals surface area contributed by atoms with Gasteiger partial charge in [-0.1, -0.05) is 30.7 Å². The Balaban J connectivity index is 1.39. The fourth-order valence-corrected chi connectivity index (χ4v) is 6.05. The Morgan fingerprint density at radius 2 is 1.94 bits per heavy atom. The van der Waals surface area contributed by atoms with Gasteiger partial charge >= 0.3 is 6.03 Å². The summed E-state index contributed by atoms with van der Waals surface area (Å²) in [6.07, 6.45) is 3.15. The lowest BCUT2D eigenvalue weighted by molar-refractivity contribution is -0.134. The molecule has 172 valence electrons. The van der Waals surface area contributed by atoms with Gasteiger partial charge < -0.3 is 5.32 Å². The molecule has 2 aliphatic rings. The summed E-state index contributed by atoms with van der Waals surface area (Å²) < 4.78 is 0. The average molecular weight is 455 g/mol. The van der Waals surface area contributed by atoms with Crippen molar-refractivity contribution < 1.29 is 9.59 Å². The summed E-state index contributed by atoms with van der Waals surface area (Å²) in [5.41, 5.74) is 6.04. The van der Waals surface area contributed by atoms with Crippen molar-refractivity contribution in [3.63, 3.8) is 0 Å². The zero-order valence-electron chi connectivity index (χ0n) is 19.6. The predicted molar refractivity (Wildman–Crippen MR) is 128 cm³/mol. The van der Waals surface area contributed by atoms with Gasteiger partial charge in [0.25, 0.3) is 5.91 Å². The van der Waals surface area contributed by atoms with Crippen molar-refractivity contribution in [2.45, 2.75) is 65.5 Å². The summed E-state index contributed by atoms with van der Waals surface area (Å²) in [6.45, 7) is 11.6. The Morgan fingerprint density at radius 3 is 2.56 bits per heavy atom. The Bertz CT molecular complexity index is 996. The largest absolute Gasteiger partial charge is 0.325 e. The molecule has 0 bridgehead atoms. The molecular formula is C25H34N4O2S. The third-order valence-corrected chi connectivity index (χ3v) is 8.34. The summed E-state index contributed by atoms with van der Waals surface area (Å²) in [4.78, 5) is 35.6. The van der Waals surface area contributed by atoms with Crippen LogP contribution in [0, 0.1) is 26.7 Å². The van der Waals surface area contributed by atoms with Crippen molar-refractivity contribution in [2.24, 2.45) is 5.92 Å². The van der Waals surface area contributed by atoms with E-state index in [9.17, 15) is 9.59 Å². The molecule has 0 spiro atoms. The van der Waals surface area contributed by atoms with Gasteiger partial charge in [-0.05, 0) is 70.2 Å². The van der Waals surface area contributed by atoms with Crippen LogP contribution in [0.4, 0.5) is 4.79 Å². The summed E-state index contributed by atoms with van der Waals surface area (Å²) in [6, 6.07) is 6.41. The molecule has 2 saturated heterocycles. The molecule has 0 aliphatic carbocycles. The van der Waals surface area contributed by atoms with Gasteiger partial charge in [0, 0.05) is 24.4 Å². The van der Waals surface area contributed by atoms with Gasteiger partial charge in [-0.25, -0.2) is 9.78 Å². The van der Waals surface area contributed by atoms with Gasteiger partial charge in [-0.2, -0.15) is 0 Å². The number of nitrogens with one attached hydrogen (secondary N) is 1. The van der Waals surface area contributed by atoms with E-state index in [1.807, 2.05) is 19.4 Å². The molecule has 3 amide bonds. The van der Waals surface area contributed by atoms with Gasteiger partial charge in [0.15, 0.2) is 0 Å². The number of rotatable bonds is 7. The topological polar surface area (TPSA) is 65.5 Å². The lowest BCUT2D eigenvalue weighted by Crippen LogP contribution is -2.55. The Hall–Kier alpha value is -2.25. The molecule has 4 rings (SSSR count). The fourth-order valence-electron chi connectivity index (χ4n) is 5.28. The number of imide groups is 1. The maximum Gasteiger partial charge on any atom is 0.325 e. The van der Waals surface area contributed by atoms with Crippen LogP contribution >= 0.6 is 11.3 Å². The molecule has 2 fully saturated rings. The van der Waals surface area contributed by atoms with Crippen LogP contribution in [0.3, 0.4) is 0 Å². The Morgan fingerprint density at radius 1 is 1.19 bits per heavy atom. The lowest BCUT2D eigenvalue weighted by atomic mass is 9.75. The highest BCUT2D eigenvalue weighted by molar-refractivity contribution is 7.09. The highest BCUT2D eigenvalue weighted by Gasteiger charge is 2.54. The summed E-state index contributed by atoms with van der Waals surface area (Å²) >= 11 is 1.59. The monoisotopic (exact) mass is 454 g/mol. The molecule has 6 nitrogen and oxygen atoms in total. The number of piperidine rings is 1. The first-order valence-corrected chi connectivity index (χ1v) is 12.5. The summed E-state index contributed by atoms with van der Waals surface area (Å²) in [5, 5.41) is 3.12. The van der Waals surface area contributed by atoms with Crippen LogP contribution in [0.2, 0.25) is 0 Å². The van der Waals surface area contributed by atoms with Crippen molar-refractivity contribution >= 4 is 23.3 Å². The third-order valence-electron chi connectivity index (χ3n) is 7.34. The fraction of sp³-hybridized carbons (Fsp3) is 0.560. The molecule has 32 heavy (non-hydrogen) atoms. The smallest absolute Gasteiger partial charge is 0.323 e. The minimum atomic E-state index is -0.758. The molecular weight excluding hydrogens is 420 g/mol. The van der Waals surface area contributed by atoms with Crippen molar-refractivity contribution in [1.82, 2.24) is 20.1 Å². The Kier molecular flexibility index (Phi) is 6.67. The first-order valence-electron chi connectivity index (χ1n) is 11.7. The number of nitrogens with zero attached hydrogens (tertiary/aromatic N) is 3. The molecule has 3 heterocycles. The van der Waals surface area contributed by atoms with E-state index >= 15 is 0 Å². The van der Waals surface area contributed by atoms with Crippen molar-refractivity contribution in [2.75, 3.05) is 19.6 Å². The van der Waals surface area contributed by atoms with E-state index in [4.69, 9.17) is 0 Å². The SMILES string of the molecule is CC[C@@]1(C2CCN(Cc3ccc(C)cc3C)CC2)NC(=O)N(CCc2scnc2C)C1=O. The van der Waals surface area contributed by atoms with Gasteiger partial charge in [0.2, 0.25) is 0 Å². The minimum Gasteiger partial charge on any atom is -0.323 e. The molecule has 0 saturated carbocycles. The van der Waals surface area contributed by atoms with Gasteiger partial charge in [0.05, 0.1) is 11.2 Å². The molecule has 2 aliphatic heterocycles. The maximum atomic E-state index is 13.5. The van der Waals surface area contributed by atoms with Crippen molar-refractivity contribution in [1.29, 1.82) is 0 Å². The summed E-state index contributed by atoms with van der Waals surface area (Å²) in [5.74, 6) is 0.134. The number of aryl methyl sites for hydroxylation is 3. The zero-order chi connectivity index (χ0) is 22.9. The second-order valence-electron chi connectivity index (χ2n) is 9.30. The Labute approximate surface area is 195 Å². The number of amides is 3. The number of likely N-dealkylation sites (tertiary alicyclic amines) is 1. The molecule has 2 aromatic rings. The van der Waals surface area contributed by atoms with Crippen LogP contribution in [0.25, 0.3) is 0 Å². The van der Waals surface area contributed by atoms with Gasteiger partial charge in [-0.15, -0.1) is 11.3 Å². The number of aromatic nitrogens is 1. The number of benzene rings is 1. The molecule has 0 radical (unpaired) electrons. The lowest BCUT2D eigenvalue weighted by Gasteiger charge is -2.40. The molecule has 1 atom stereocenters. The number of urea groups is 1. The predicted octanol–water partition coefficient (Wildman–Crippen LogP) is 4.22. The second-order valence-corrected chi connectivity index (χ2v) is 10.2. The zero-order valence-corrected chi connectivity index (χ0v) is 20.4. The summed E-state index contributed by atoms with van der Waals surface area (Å²) in [7, 11) is 0. The number of carbonyl (C=O) groups is 2. The average Bonchev–Trinajstić information content (AvgIpc) is 3.29. The van der Waals surface area contributed by atoms with E-state index in [1.165, 1.54) is 21.6 Å². The van der Waals surface area contributed by atoms with Crippen LogP contribution in [0.5, 0.6) is 0 Å². The van der Waals surface area contributed by atoms with E-state index in [1.54, 1.807) is 11.3 Å². The van der Waals surface area contributed by atoms with Crippen LogP contribution in [-0.2, 0) is 17.8 Å². The highest BCUT2D eigenvalue weighted by atomic mass is 32.1.